The number of nitrogens with two attached hydrogens (primary N) is 1. The van der Waals surface area contributed by atoms with Gasteiger partial charge in [-0.3, -0.25) is 20.1 Å². The number of benzene rings is 1. The number of hydrazone groups is 1. The molecule has 0 aliphatic carbocycles. The number of piperidine rings is 1. The van der Waals surface area contributed by atoms with Crippen molar-refractivity contribution in [2.45, 2.75) is 58.5 Å². The summed E-state index contributed by atoms with van der Waals surface area (Å²) < 4.78 is 0. The lowest BCUT2D eigenvalue weighted by molar-refractivity contribution is 0.101. The first-order valence-electron chi connectivity index (χ1n) is 12.1. The fraction of sp³-hybridized carbons (Fsp3) is 0.393. The number of nitrogens with one attached hydrogen (secondary N) is 1. The minimum atomic E-state index is -0.0199. The number of likely N-dealkylation sites (tertiary alicyclic amines) is 1. The van der Waals surface area contributed by atoms with Gasteiger partial charge in [-0.2, -0.15) is 5.10 Å². The molecule has 2 aliphatic rings. The minimum Gasteiger partial charge on any atom is -0.382 e. The summed E-state index contributed by atoms with van der Waals surface area (Å²) in [5, 5.41) is 4.18. The van der Waals surface area contributed by atoms with E-state index in [0.29, 0.717) is 17.8 Å². The summed E-state index contributed by atoms with van der Waals surface area (Å²) in [6, 6.07) is 10.6. The van der Waals surface area contributed by atoms with Crippen molar-refractivity contribution in [2.24, 2.45) is 10.8 Å². The molecule has 4 rings (SSSR count). The van der Waals surface area contributed by atoms with Gasteiger partial charge >= 0.3 is 0 Å². The molecule has 1 saturated heterocycles. The number of hydrogen-bond acceptors (Lipinski definition) is 6. The largest absolute Gasteiger partial charge is 0.382 e. The maximum absolute atomic E-state index is 11.6. The molecule has 2 unspecified atom stereocenters. The van der Waals surface area contributed by atoms with Crippen LogP contribution < -0.4 is 11.2 Å². The molecule has 1 fully saturated rings. The molecule has 34 heavy (non-hydrogen) atoms. The molecule has 3 N–H and O–H groups in total. The van der Waals surface area contributed by atoms with Crippen molar-refractivity contribution in [3.8, 4) is 0 Å². The van der Waals surface area contributed by atoms with Crippen LogP contribution in [0.2, 0.25) is 0 Å². The van der Waals surface area contributed by atoms with E-state index in [1.807, 2.05) is 30.5 Å². The highest BCUT2D eigenvalue weighted by atomic mass is 16.1. The smallest absolute Gasteiger partial charge is 0.159 e. The molecular formula is C28H35N5O. The number of hydrogen-bond donors (Lipinski definition) is 2. The summed E-state index contributed by atoms with van der Waals surface area (Å²) in [6.07, 6.45) is 10.3. The number of rotatable bonds is 6. The summed E-state index contributed by atoms with van der Waals surface area (Å²) in [4.78, 5) is 18.7. The van der Waals surface area contributed by atoms with Gasteiger partial charge in [-0.25, -0.2) is 0 Å². The number of pyridine rings is 1. The maximum atomic E-state index is 11.6. The number of aromatic nitrogens is 1. The Hall–Kier alpha value is -3.25. The Morgan fingerprint density at radius 1 is 1.18 bits per heavy atom. The first-order chi connectivity index (χ1) is 16.3. The average Bonchev–Trinajstić information content (AvgIpc) is 2.85. The summed E-state index contributed by atoms with van der Waals surface area (Å²) in [5.41, 5.74) is 15.7. The van der Waals surface area contributed by atoms with Crippen LogP contribution in [0.4, 0.5) is 0 Å². The van der Waals surface area contributed by atoms with Gasteiger partial charge in [0.25, 0.3) is 0 Å². The van der Waals surface area contributed by atoms with Crippen molar-refractivity contribution in [3.63, 3.8) is 0 Å². The number of carbonyl (C=O) groups excluding carboxylic acids is 1. The number of nitrogens with zero attached hydrogens (tertiary/aromatic N) is 3. The molecule has 1 aromatic carbocycles. The third kappa shape index (κ3) is 5.28. The first-order valence-corrected chi connectivity index (χ1v) is 12.1. The predicted molar refractivity (Wildman–Crippen MR) is 139 cm³/mol. The third-order valence-electron chi connectivity index (χ3n) is 7.25. The van der Waals surface area contributed by atoms with E-state index in [1.165, 1.54) is 11.1 Å². The van der Waals surface area contributed by atoms with Gasteiger partial charge in [0.15, 0.2) is 5.78 Å². The molecule has 2 aromatic rings. The lowest BCUT2D eigenvalue weighted by Crippen LogP contribution is -2.40. The molecule has 0 radical (unpaired) electrons. The molecule has 0 bridgehead atoms. The third-order valence-corrected chi connectivity index (χ3v) is 7.25. The summed E-state index contributed by atoms with van der Waals surface area (Å²) in [7, 11) is 0. The van der Waals surface area contributed by atoms with Gasteiger partial charge in [0, 0.05) is 29.1 Å². The van der Waals surface area contributed by atoms with Crippen molar-refractivity contribution >= 4 is 17.7 Å². The van der Waals surface area contributed by atoms with Crippen molar-refractivity contribution in [2.75, 3.05) is 13.1 Å². The SMILES string of the molecule is CC(=O)c1ccc(C2CCN(C(C)/C(C)=C/c3c(C4C=CC(N)=NN4)ccnc3C)CC2)cc1. The monoisotopic (exact) mass is 457 g/mol. The molecule has 1 aromatic heterocycles. The van der Waals surface area contributed by atoms with Gasteiger partial charge in [-0.15, -0.1) is 0 Å². The van der Waals surface area contributed by atoms with Gasteiger partial charge in [0.2, 0.25) is 0 Å². The maximum Gasteiger partial charge on any atom is 0.159 e. The van der Waals surface area contributed by atoms with E-state index in [9.17, 15) is 4.79 Å². The van der Waals surface area contributed by atoms with E-state index < -0.39 is 0 Å². The molecule has 2 aliphatic heterocycles. The molecule has 0 spiro atoms. The summed E-state index contributed by atoms with van der Waals surface area (Å²) >= 11 is 0. The second-order valence-electron chi connectivity index (χ2n) is 9.45. The van der Waals surface area contributed by atoms with Gasteiger partial charge in [-0.05, 0) is 82.8 Å². The van der Waals surface area contributed by atoms with E-state index in [2.05, 4.69) is 65.5 Å². The van der Waals surface area contributed by atoms with Crippen LogP contribution in [-0.4, -0.2) is 40.6 Å². The van der Waals surface area contributed by atoms with Crippen LogP contribution in [0.15, 0.2) is 59.4 Å². The van der Waals surface area contributed by atoms with Crippen LogP contribution in [0.25, 0.3) is 6.08 Å². The topological polar surface area (TPSA) is 83.6 Å². The Morgan fingerprint density at radius 3 is 2.50 bits per heavy atom. The highest BCUT2D eigenvalue weighted by Gasteiger charge is 2.25. The standard InChI is InChI=1S/C28H35N5O/c1-18(17-26-19(2)30-14-11-25(26)27-9-10-28(29)32-31-27)20(3)33-15-12-24(13-16-33)23-7-5-22(6-8-23)21(4)34/h5-11,14,17,20,24,27,31H,12-13,15-16H2,1-4H3,(H2,29,32)/b18-17+. The van der Waals surface area contributed by atoms with E-state index in [-0.39, 0.29) is 11.8 Å². The number of aryl methyl sites for hydroxylation is 1. The molecule has 6 nitrogen and oxygen atoms in total. The molecule has 6 heteroatoms. The van der Waals surface area contributed by atoms with Crippen LogP contribution in [0.1, 0.15) is 78.3 Å². The van der Waals surface area contributed by atoms with Gasteiger partial charge in [-0.1, -0.05) is 42.0 Å². The fourth-order valence-electron chi connectivity index (χ4n) is 4.90. The molecule has 3 heterocycles. The zero-order valence-electron chi connectivity index (χ0n) is 20.6. The van der Waals surface area contributed by atoms with Crippen molar-refractivity contribution < 1.29 is 4.79 Å². The zero-order chi connectivity index (χ0) is 24.2. The van der Waals surface area contributed by atoms with Crippen molar-refractivity contribution in [1.29, 1.82) is 0 Å². The van der Waals surface area contributed by atoms with Gasteiger partial charge in [0.1, 0.15) is 5.84 Å². The highest BCUT2D eigenvalue weighted by molar-refractivity contribution is 5.94. The Kier molecular flexibility index (Phi) is 7.27. The number of Topliss-reactive ketones (excluding diaryl/α,β-unsaturated/α-hetero) is 1. The lowest BCUT2D eigenvalue weighted by Gasteiger charge is -2.37. The molecule has 2 atom stereocenters. The van der Waals surface area contributed by atoms with Crippen molar-refractivity contribution in [1.82, 2.24) is 15.3 Å². The van der Waals surface area contributed by atoms with Crippen LogP contribution >= 0.6 is 0 Å². The predicted octanol–water partition coefficient (Wildman–Crippen LogP) is 4.74. The Morgan fingerprint density at radius 2 is 1.88 bits per heavy atom. The second kappa shape index (κ2) is 10.3. The van der Waals surface area contributed by atoms with Gasteiger partial charge < -0.3 is 5.73 Å². The number of carbonyl (C=O) groups is 1. The normalized spacial score (nSPS) is 20.5. The van der Waals surface area contributed by atoms with E-state index in [0.717, 1.165) is 48.3 Å². The van der Waals surface area contributed by atoms with E-state index in [4.69, 9.17) is 5.73 Å². The second-order valence-corrected chi connectivity index (χ2v) is 9.45. The Balaban J connectivity index is 1.44. The summed E-state index contributed by atoms with van der Waals surface area (Å²) in [6.45, 7) is 10.3. The molecule has 0 saturated carbocycles. The van der Waals surface area contributed by atoms with Crippen molar-refractivity contribution in [3.05, 3.63) is 82.2 Å². The lowest BCUT2D eigenvalue weighted by atomic mass is 9.87. The van der Waals surface area contributed by atoms with Crippen LogP contribution in [0.5, 0.6) is 0 Å². The Labute approximate surface area is 202 Å². The number of amidine groups is 1. The van der Waals surface area contributed by atoms with E-state index in [1.54, 1.807) is 6.92 Å². The molecular weight excluding hydrogens is 422 g/mol. The first kappa shape index (κ1) is 23.9. The summed E-state index contributed by atoms with van der Waals surface area (Å²) in [5.74, 6) is 1.16. The highest BCUT2D eigenvalue weighted by Crippen LogP contribution is 2.31. The van der Waals surface area contributed by atoms with Crippen LogP contribution in [0.3, 0.4) is 0 Å². The quantitative estimate of drug-likeness (QED) is 0.613. The van der Waals surface area contributed by atoms with Crippen LogP contribution in [-0.2, 0) is 0 Å². The molecule has 0 amide bonds. The Bertz CT molecular complexity index is 1120. The zero-order valence-corrected chi connectivity index (χ0v) is 20.6. The number of ketones is 1. The van der Waals surface area contributed by atoms with Crippen LogP contribution in [0, 0.1) is 6.92 Å². The van der Waals surface area contributed by atoms with E-state index >= 15 is 0 Å². The molecule has 178 valence electrons. The minimum absolute atomic E-state index is 0.0199. The average molecular weight is 458 g/mol. The fourth-order valence-corrected chi connectivity index (χ4v) is 4.90. The van der Waals surface area contributed by atoms with Gasteiger partial charge in [0.05, 0.1) is 6.04 Å².